The lowest BCUT2D eigenvalue weighted by Gasteiger charge is -2.34. The number of fused-ring (bicyclic) bond motifs is 1. The maximum atomic E-state index is 4.77. The van der Waals surface area contributed by atoms with E-state index in [1.165, 1.54) is 32.4 Å². The van der Waals surface area contributed by atoms with E-state index in [0.717, 1.165) is 35.6 Å². The molecule has 3 heterocycles. The summed E-state index contributed by atoms with van der Waals surface area (Å²) in [5, 5.41) is 8.97. The fourth-order valence-electron chi connectivity index (χ4n) is 3.46. The number of aryl methyl sites for hydroxylation is 1. The van der Waals surface area contributed by atoms with Gasteiger partial charge in [-0.15, -0.1) is 0 Å². The molecule has 1 aliphatic heterocycles. The van der Waals surface area contributed by atoms with Crippen LogP contribution in [0.1, 0.15) is 58.2 Å². The van der Waals surface area contributed by atoms with Crippen molar-refractivity contribution in [3.05, 3.63) is 12.0 Å². The molecule has 6 heteroatoms. The second-order valence-corrected chi connectivity index (χ2v) is 7.13. The summed E-state index contributed by atoms with van der Waals surface area (Å²) in [5.74, 6) is 2.10. The molecule has 24 heavy (non-hydrogen) atoms. The van der Waals surface area contributed by atoms with Gasteiger partial charge in [0, 0.05) is 25.6 Å². The number of rotatable bonds is 6. The molecule has 1 fully saturated rings. The Labute approximate surface area is 144 Å². The molecular weight excluding hydrogens is 300 g/mol. The topological polar surface area (TPSA) is 58.9 Å². The number of anilines is 1. The molecule has 3 rings (SSSR count). The first kappa shape index (κ1) is 17.1. The van der Waals surface area contributed by atoms with E-state index in [4.69, 9.17) is 4.98 Å². The maximum Gasteiger partial charge on any atom is 0.163 e. The Bertz CT molecular complexity index is 671. The van der Waals surface area contributed by atoms with Gasteiger partial charge in [0.2, 0.25) is 0 Å². The third kappa shape index (κ3) is 3.53. The van der Waals surface area contributed by atoms with Crippen LogP contribution in [-0.2, 0) is 7.05 Å². The minimum atomic E-state index is 0.300. The second-order valence-electron chi connectivity index (χ2n) is 7.13. The van der Waals surface area contributed by atoms with Gasteiger partial charge in [0.05, 0.1) is 11.6 Å². The Morgan fingerprint density at radius 3 is 2.58 bits per heavy atom. The summed E-state index contributed by atoms with van der Waals surface area (Å²) >= 11 is 0. The average molecular weight is 330 g/mol. The van der Waals surface area contributed by atoms with Crippen LogP contribution in [0.4, 0.5) is 5.82 Å². The zero-order valence-electron chi connectivity index (χ0n) is 15.4. The Hall–Kier alpha value is -1.69. The normalized spacial score (nSPS) is 17.5. The van der Waals surface area contributed by atoms with Crippen LogP contribution in [-0.4, -0.2) is 50.3 Å². The van der Waals surface area contributed by atoms with Crippen LogP contribution in [0.5, 0.6) is 0 Å². The molecule has 1 aliphatic rings. The standard InChI is InChI=1S/C18H30N6/c1-5-14(24-9-7-6-8-10-24)11-19-17-15-12-20-23(4)18(15)22-16(21-17)13(2)3/h12-14H,5-11H2,1-4H3,(H,19,21,22)/t14-/m0/s1. The number of hydrogen-bond donors (Lipinski definition) is 1. The zero-order chi connectivity index (χ0) is 17.1. The Morgan fingerprint density at radius 1 is 1.17 bits per heavy atom. The highest BCUT2D eigenvalue weighted by molar-refractivity contribution is 5.86. The number of nitrogens with zero attached hydrogens (tertiary/aromatic N) is 5. The van der Waals surface area contributed by atoms with Gasteiger partial charge in [-0.1, -0.05) is 27.2 Å². The van der Waals surface area contributed by atoms with Crippen LogP contribution < -0.4 is 5.32 Å². The molecule has 0 spiro atoms. The van der Waals surface area contributed by atoms with Gasteiger partial charge in [0.15, 0.2) is 5.65 Å². The van der Waals surface area contributed by atoms with Crippen LogP contribution in [0.25, 0.3) is 11.0 Å². The zero-order valence-corrected chi connectivity index (χ0v) is 15.4. The molecule has 0 saturated carbocycles. The highest BCUT2D eigenvalue weighted by atomic mass is 15.3. The van der Waals surface area contributed by atoms with Gasteiger partial charge in [0.1, 0.15) is 11.6 Å². The maximum absolute atomic E-state index is 4.77. The molecule has 6 nitrogen and oxygen atoms in total. The van der Waals surface area contributed by atoms with Crippen molar-refractivity contribution in [1.82, 2.24) is 24.6 Å². The lowest BCUT2D eigenvalue weighted by molar-refractivity contribution is 0.166. The molecule has 0 bridgehead atoms. The third-order valence-electron chi connectivity index (χ3n) is 5.01. The molecule has 0 aromatic carbocycles. The number of nitrogens with one attached hydrogen (secondary N) is 1. The summed E-state index contributed by atoms with van der Waals surface area (Å²) in [6.07, 6.45) is 7.05. The molecule has 1 saturated heterocycles. The highest BCUT2D eigenvalue weighted by Gasteiger charge is 2.20. The first-order valence-electron chi connectivity index (χ1n) is 9.27. The van der Waals surface area contributed by atoms with E-state index in [9.17, 15) is 0 Å². The molecule has 132 valence electrons. The van der Waals surface area contributed by atoms with Crippen molar-refractivity contribution in [3.63, 3.8) is 0 Å². The van der Waals surface area contributed by atoms with Crippen LogP contribution in [0.3, 0.4) is 0 Å². The second kappa shape index (κ2) is 7.47. The van der Waals surface area contributed by atoms with Crippen LogP contribution in [0, 0.1) is 0 Å². The van der Waals surface area contributed by atoms with E-state index in [1.54, 1.807) is 0 Å². The van der Waals surface area contributed by atoms with Crippen LogP contribution >= 0.6 is 0 Å². The minimum Gasteiger partial charge on any atom is -0.368 e. The van der Waals surface area contributed by atoms with Crippen molar-refractivity contribution in [2.75, 3.05) is 25.0 Å². The van der Waals surface area contributed by atoms with Gasteiger partial charge < -0.3 is 5.32 Å². The van der Waals surface area contributed by atoms with Crippen LogP contribution in [0.2, 0.25) is 0 Å². The molecule has 1 N–H and O–H groups in total. The van der Waals surface area contributed by atoms with Gasteiger partial charge in [-0.05, 0) is 32.4 Å². The first-order valence-corrected chi connectivity index (χ1v) is 9.27. The Kier molecular flexibility index (Phi) is 5.33. The fraction of sp³-hybridized carbons (Fsp3) is 0.722. The highest BCUT2D eigenvalue weighted by Crippen LogP contribution is 2.23. The largest absolute Gasteiger partial charge is 0.368 e. The van der Waals surface area contributed by atoms with Crippen molar-refractivity contribution in [3.8, 4) is 0 Å². The van der Waals surface area contributed by atoms with E-state index in [-0.39, 0.29) is 0 Å². The third-order valence-corrected chi connectivity index (χ3v) is 5.01. The SMILES string of the molecule is CC[C@@H](CNc1nc(C(C)C)nc2c1cnn2C)N1CCCCC1. The van der Waals surface area contributed by atoms with Gasteiger partial charge in [-0.25, -0.2) is 9.97 Å². The van der Waals surface area contributed by atoms with E-state index in [1.807, 2.05) is 17.9 Å². The monoisotopic (exact) mass is 330 g/mol. The fourth-order valence-corrected chi connectivity index (χ4v) is 3.46. The summed E-state index contributed by atoms with van der Waals surface area (Å²) < 4.78 is 1.83. The number of piperidine rings is 1. The number of hydrogen-bond acceptors (Lipinski definition) is 5. The van der Waals surface area contributed by atoms with Crippen molar-refractivity contribution >= 4 is 16.9 Å². The van der Waals surface area contributed by atoms with Gasteiger partial charge in [-0.3, -0.25) is 9.58 Å². The van der Waals surface area contributed by atoms with E-state index in [0.29, 0.717) is 12.0 Å². The molecular formula is C18H30N6. The molecule has 2 aromatic heterocycles. The summed E-state index contributed by atoms with van der Waals surface area (Å²) in [5.41, 5.74) is 0.905. The lowest BCUT2D eigenvalue weighted by Crippen LogP contribution is -2.42. The smallest absolute Gasteiger partial charge is 0.163 e. The lowest BCUT2D eigenvalue weighted by atomic mass is 10.1. The quantitative estimate of drug-likeness (QED) is 0.881. The number of likely N-dealkylation sites (tertiary alicyclic amines) is 1. The molecule has 0 radical (unpaired) electrons. The summed E-state index contributed by atoms with van der Waals surface area (Å²) in [6, 6.07) is 0.564. The number of aromatic nitrogens is 4. The van der Waals surface area contributed by atoms with Crippen molar-refractivity contribution in [2.24, 2.45) is 7.05 Å². The van der Waals surface area contributed by atoms with Crippen molar-refractivity contribution < 1.29 is 0 Å². The Morgan fingerprint density at radius 2 is 1.92 bits per heavy atom. The molecule has 0 unspecified atom stereocenters. The Balaban J connectivity index is 1.80. The predicted octanol–water partition coefficient (Wildman–Crippen LogP) is 3.16. The molecule has 1 atom stereocenters. The summed E-state index contributed by atoms with van der Waals surface area (Å²) in [4.78, 5) is 12.1. The van der Waals surface area contributed by atoms with Crippen molar-refractivity contribution in [1.29, 1.82) is 0 Å². The van der Waals surface area contributed by atoms with E-state index >= 15 is 0 Å². The van der Waals surface area contributed by atoms with Gasteiger partial charge in [-0.2, -0.15) is 5.10 Å². The predicted molar refractivity (Wildman–Crippen MR) is 98.4 cm³/mol. The first-order chi connectivity index (χ1) is 11.6. The molecule has 2 aromatic rings. The summed E-state index contributed by atoms with van der Waals surface area (Å²) in [7, 11) is 1.94. The average Bonchev–Trinajstić information content (AvgIpc) is 2.97. The van der Waals surface area contributed by atoms with E-state index < -0.39 is 0 Å². The molecule has 0 aliphatic carbocycles. The van der Waals surface area contributed by atoms with E-state index in [2.05, 4.69) is 41.1 Å². The summed E-state index contributed by atoms with van der Waals surface area (Å²) in [6.45, 7) is 9.91. The molecule has 0 amide bonds. The van der Waals surface area contributed by atoms with Crippen LogP contribution in [0.15, 0.2) is 6.20 Å². The minimum absolute atomic E-state index is 0.300. The van der Waals surface area contributed by atoms with Gasteiger partial charge >= 0.3 is 0 Å². The van der Waals surface area contributed by atoms with Gasteiger partial charge in [0.25, 0.3) is 0 Å². The van der Waals surface area contributed by atoms with Crippen molar-refractivity contribution in [2.45, 2.75) is 58.4 Å².